The molecule has 0 N–H and O–H groups in total. The molecule has 0 saturated heterocycles. The van der Waals surface area contributed by atoms with E-state index in [-0.39, 0.29) is 45.8 Å². The van der Waals surface area contributed by atoms with E-state index in [4.69, 9.17) is 9.47 Å². The number of ether oxygens (including phenoxy) is 2. The lowest BCUT2D eigenvalue weighted by molar-refractivity contribution is -0.0251. The molecule has 4 fully saturated rings. The molecule has 0 amide bonds. The van der Waals surface area contributed by atoms with Gasteiger partial charge in [-0.2, -0.15) is 0 Å². The zero-order valence-electron chi connectivity index (χ0n) is 20.5. The standard InChI is InChI=1S/C28H38O4/c1-25(2)19-11-13-27(25,5)21(15-19)31-23(29)17-7-9-18(10-8-17)24(30)32-22-16-20-12-14-28(22,6)26(20,3)4/h7-10,19-22H,11-16H2,1-6H3/t19-,20-,21?,22?,27+,28+/m0/s1. The third-order valence-corrected chi connectivity index (χ3v) is 11.3. The van der Waals surface area contributed by atoms with E-state index in [2.05, 4.69) is 41.5 Å². The zero-order valence-corrected chi connectivity index (χ0v) is 20.5. The van der Waals surface area contributed by atoms with Crippen LogP contribution in [0.25, 0.3) is 0 Å². The molecule has 4 aliphatic carbocycles. The molecule has 2 unspecified atom stereocenters. The van der Waals surface area contributed by atoms with Gasteiger partial charge < -0.3 is 9.47 Å². The number of fused-ring (bicyclic) bond motifs is 4. The van der Waals surface area contributed by atoms with E-state index < -0.39 is 0 Å². The van der Waals surface area contributed by atoms with Crippen LogP contribution in [0.5, 0.6) is 0 Å². The molecule has 4 aliphatic rings. The van der Waals surface area contributed by atoms with Crippen molar-refractivity contribution in [3.8, 4) is 0 Å². The molecule has 174 valence electrons. The van der Waals surface area contributed by atoms with Crippen LogP contribution in [-0.4, -0.2) is 24.1 Å². The summed E-state index contributed by atoms with van der Waals surface area (Å²) in [6.45, 7) is 13.8. The number of rotatable bonds is 4. The maximum Gasteiger partial charge on any atom is 0.338 e. The van der Waals surface area contributed by atoms with Crippen LogP contribution in [0.3, 0.4) is 0 Å². The summed E-state index contributed by atoms with van der Waals surface area (Å²) in [4.78, 5) is 25.7. The highest BCUT2D eigenvalue weighted by molar-refractivity contribution is 5.93. The first-order valence-electron chi connectivity index (χ1n) is 12.4. The number of hydrogen-bond donors (Lipinski definition) is 0. The molecule has 32 heavy (non-hydrogen) atoms. The lowest BCUT2D eigenvalue weighted by Crippen LogP contribution is -2.38. The summed E-state index contributed by atoms with van der Waals surface area (Å²) in [5, 5.41) is 0. The first-order chi connectivity index (χ1) is 14.9. The fourth-order valence-electron chi connectivity index (χ4n) is 7.75. The Kier molecular flexibility index (Phi) is 4.69. The van der Waals surface area contributed by atoms with Gasteiger partial charge in [0.1, 0.15) is 12.2 Å². The Labute approximate surface area is 192 Å². The van der Waals surface area contributed by atoms with Gasteiger partial charge in [0.25, 0.3) is 0 Å². The Hall–Kier alpha value is -1.84. The van der Waals surface area contributed by atoms with Crippen LogP contribution >= 0.6 is 0 Å². The molecule has 4 saturated carbocycles. The van der Waals surface area contributed by atoms with Crippen LogP contribution in [-0.2, 0) is 9.47 Å². The minimum absolute atomic E-state index is 0.0321. The van der Waals surface area contributed by atoms with Crippen molar-refractivity contribution in [1.29, 1.82) is 0 Å². The van der Waals surface area contributed by atoms with Gasteiger partial charge in [0.2, 0.25) is 0 Å². The van der Waals surface area contributed by atoms with Crippen LogP contribution in [0.2, 0.25) is 0 Å². The lowest BCUT2D eigenvalue weighted by Gasteiger charge is -2.38. The summed E-state index contributed by atoms with van der Waals surface area (Å²) in [7, 11) is 0. The normalized spacial score (nSPS) is 40.4. The van der Waals surface area contributed by atoms with Crippen molar-refractivity contribution in [1.82, 2.24) is 0 Å². The quantitative estimate of drug-likeness (QED) is 0.508. The predicted octanol–water partition coefficient (Wildman–Crippen LogP) is 6.43. The minimum atomic E-state index is -0.290. The molecule has 0 radical (unpaired) electrons. The topological polar surface area (TPSA) is 52.6 Å². The van der Waals surface area contributed by atoms with E-state index >= 15 is 0 Å². The molecule has 6 atom stereocenters. The first kappa shape index (κ1) is 22.0. The maximum atomic E-state index is 12.9. The van der Waals surface area contributed by atoms with Crippen molar-refractivity contribution in [2.75, 3.05) is 0 Å². The molecule has 1 aromatic carbocycles. The minimum Gasteiger partial charge on any atom is -0.458 e. The molecule has 4 heteroatoms. The molecule has 0 aromatic heterocycles. The van der Waals surface area contributed by atoms with E-state index in [9.17, 15) is 9.59 Å². The van der Waals surface area contributed by atoms with Crippen LogP contribution in [0.1, 0.15) is 101 Å². The van der Waals surface area contributed by atoms with Crippen LogP contribution in [0.4, 0.5) is 0 Å². The summed E-state index contributed by atoms with van der Waals surface area (Å²) < 4.78 is 12.0. The summed E-state index contributed by atoms with van der Waals surface area (Å²) in [6, 6.07) is 6.80. The number of benzene rings is 1. The second-order valence-corrected chi connectivity index (χ2v) is 12.6. The second kappa shape index (κ2) is 6.84. The Balaban J connectivity index is 1.23. The van der Waals surface area contributed by atoms with E-state index in [1.165, 1.54) is 12.8 Å². The van der Waals surface area contributed by atoms with Crippen molar-refractivity contribution in [2.24, 2.45) is 33.5 Å². The van der Waals surface area contributed by atoms with Gasteiger partial charge in [0.15, 0.2) is 0 Å². The fraction of sp³-hybridized carbons (Fsp3) is 0.714. The summed E-state index contributed by atoms with van der Waals surface area (Å²) >= 11 is 0. The highest BCUT2D eigenvalue weighted by Gasteiger charge is 2.64. The average molecular weight is 439 g/mol. The van der Waals surface area contributed by atoms with Gasteiger partial charge in [-0.05, 0) is 85.5 Å². The van der Waals surface area contributed by atoms with Crippen molar-refractivity contribution in [3.05, 3.63) is 35.4 Å². The second-order valence-electron chi connectivity index (χ2n) is 12.6. The number of hydrogen-bond acceptors (Lipinski definition) is 4. The number of esters is 2. The number of carbonyl (C=O) groups excluding carboxylic acids is 2. The molecule has 0 aliphatic heterocycles. The van der Waals surface area contributed by atoms with Gasteiger partial charge in [-0.15, -0.1) is 0 Å². The molecule has 1 aromatic rings. The zero-order chi connectivity index (χ0) is 23.1. The third kappa shape index (κ3) is 2.80. The molecule has 4 nitrogen and oxygen atoms in total. The van der Waals surface area contributed by atoms with Gasteiger partial charge in [-0.1, -0.05) is 41.5 Å². The smallest absolute Gasteiger partial charge is 0.338 e. The SMILES string of the molecule is CC1(C)[C@H]2CC[C@]1(C)C(OC(=O)c1ccc(C(=O)OC3C[C@@H]4CC[C@@]3(C)C4(C)C)cc1)C2. The summed E-state index contributed by atoms with van der Waals surface area (Å²) in [5.41, 5.74) is 1.49. The van der Waals surface area contributed by atoms with Crippen molar-refractivity contribution >= 4 is 11.9 Å². The summed E-state index contributed by atoms with van der Waals surface area (Å²) in [6.07, 6.45) is 6.54. The Morgan fingerprint density at radius 1 is 0.688 bits per heavy atom. The lowest BCUT2D eigenvalue weighted by atomic mass is 9.70. The molecular formula is C28H38O4. The van der Waals surface area contributed by atoms with E-state index in [1.54, 1.807) is 24.3 Å². The van der Waals surface area contributed by atoms with Crippen molar-refractivity contribution < 1.29 is 19.1 Å². The first-order valence-corrected chi connectivity index (χ1v) is 12.4. The Morgan fingerprint density at radius 2 is 1.03 bits per heavy atom. The highest BCUT2D eigenvalue weighted by atomic mass is 16.5. The molecule has 4 bridgehead atoms. The summed E-state index contributed by atoms with van der Waals surface area (Å²) in [5.74, 6) is 0.670. The maximum absolute atomic E-state index is 12.9. The van der Waals surface area contributed by atoms with Crippen LogP contribution in [0.15, 0.2) is 24.3 Å². The van der Waals surface area contributed by atoms with Gasteiger partial charge in [0.05, 0.1) is 11.1 Å². The predicted molar refractivity (Wildman–Crippen MR) is 123 cm³/mol. The van der Waals surface area contributed by atoms with E-state index in [0.29, 0.717) is 23.0 Å². The monoisotopic (exact) mass is 438 g/mol. The Bertz CT molecular complexity index is 868. The van der Waals surface area contributed by atoms with E-state index in [0.717, 1.165) is 25.7 Å². The fourth-order valence-corrected chi connectivity index (χ4v) is 7.75. The van der Waals surface area contributed by atoms with Crippen molar-refractivity contribution in [3.63, 3.8) is 0 Å². The molecule has 0 heterocycles. The van der Waals surface area contributed by atoms with Gasteiger partial charge in [0, 0.05) is 10.8 Å². The number of carbonyl (C=O) groups is 2. The molecule has 0 spiro atoms. The highest BCUT2D eigenvalue weighted by Crippen LogP contribution is 2.67. The largest absolute Gasteiger partial charge is 0.458 e. The Morgan fingerprint density at radius 3 is 1.28 bits per heavy atom. The van der Waals surface area contributed by atoms with E-state index in [1.807, 2.05) is 0 Å². The van der Waals surface area contributed by atoms with Gasteiger partial charge in [-0.25, -0.2) is 9.59 Å². The van der Waals surface area contributed by atoms with Crippen LogP contribution < -0.4 is 0 Å². The van der Waals surface area contributed by atoms with Crippen molar-refractivity contribution in [2.45, 2.75) is 92.3 Å². The average Bonchev–Trinajstić information content (AvgIpc) is 3.26. The molecular weight excluding hydrogens is 400 g/mol. The third-order valence-electron chi connectivity index (χ3n) is 11.3. The van der Waals surface area contributed by atoms with Crippen LogP contribution in [0, 0.1) is 33.5 Å². The van der Waals surface area contributed by atoms with Gasteiger partial charge in [-0.3, -0.25) is 0 Å². The molecule has 5 rings (SSSR count). The van der Waals surface area contributed by atoms with Gasteiger partial charge >= 0.3 is 11.9 Å².